The van der Waals surface area contributed by atoms with Gasteiger partial charge < -0.3 is 14.8 Å². The van der Waals surface area contributed by atoms with E-state index in [1.165, 1.54) is 21.3 Å². The molecule has 4 rings (SSSR count). The van der Waals surface area contributed by atoms with E-state index in [1.807, 2.05) is 11.3 Å². The maximum absolute atomic E-state index is 12.6. The number of nitrogens with one attached hydrogen (secondary N) is 1. The summed E-state index contributed by atoms with van der Waals surface area (Å²) in [6.45, 7) is 6.18. The van der Waals surface area contributed by atoms with Gasteiger partial charge in [0.25, 0.3) is 0 Å². The number of likely N-dealkylation sites (tertiary alicyclic amines) is 1. The molecule has 1 atom stereocenters. The number of thiophene rings is 1. The fourth-order valence-electron chi connectivity index (χ4n) is 5.36. The third-order valence-electron chi connectivity index (χ3n) is 7.44. The van der Waals surface area contributed by atoms with Gasteiger partial charge in [-0.2, -0.15) is 0 Å². The van der Waals surface area contributed by atoms with Crippen molar-refractivity contribution in [1.82, 2.24) is 19.7 Å². The Labute approximate surface area is 202 Å². The van der Waals surface area contributed by atoms with Gasteiger partial charge in [-0.05, 0) is 68.9 Å². The standard InChI is InChI=1S/C27H38N4OS/c1-21(23-20-30(4)24-10-6-5-9-22(23)24)19-26(32)28-14-8-15-31-16-12-27(13-17-31,29(2)3)25-11-7-18-33-25/h5-7,9-11,18,20-21H,8,12-17,19H2,1-4H3,(H,28,32). The Kier molecular flexibility index (Phi) is 7.57. The van der Waals surface area contributed by atoms with Crippen LogP contribution >= 0.6 is 11.3 Å². The van der Waals surface area contributed by atoms with Crippen molar-refractivity contribution in [3.63, 3.8) is 0 Å². The van der Waals surface area contributed by atoms with Gasteiger partial charge in [0.15, 0.2) is 0 Å². The molecular weight excluding hydrogens is 428 g/mol. The van der Waals surface area contributed by atoms with E-state index in [9.17, 15) is 4.79 Å². The molecule has 2 aromatic heterocycles. The molecule has 1 amide bonds. The molecule has 1 aliphatic rings. The van der Waals surface area contributed by atoms with E-state index in [2.05, 4.69) is 95.7 Å². The summed E-state index contributed by atoms with van der Waals surface area (Å²) in [4.78, 5) is 19.0. The lowest BCUT2D eigenvalue weighted by Crippen LogP contribution is -2.50. The van der Waals surface area contributed by atoms with Crippen LogP contribution in [0.3, 0.4) is 0 Å². The van der Waals surface area contributed by atoms with Gasteiger partial charge in [0.05, 0.1) is 5.54 Å². The monoisotopic (exact) mass is 466 g/mol. The number of nitrogens with zero attached hydrogens (tertiary/aromatic N) is 3. The molecule has 178 valence electrons. The zero-order chi connectivity index (χ0) is 23.4. The van der Waals surface area contributed by atoms with Crippen LogP contribution in [-0.4, -0.2) is 60.5 Å². The Bertz CT molecular complexity index is 1050. The number of aryl methyl sites for hydroxylation is 1. The van der Waals surface area contributed by atoms with E-state index in [0.29, 0.717) is 6.42 Å². The lowest BCUT2D eigenvalue weighted by molar-refractivity contribution is -0.121. The molecule has 6 heteroatoms. The van der Waals surface area contributed by atoms with Crippen LogP contribution in [0.15, 0.2) is 48.0 Å². The smallest absolute Gasteiger partial charge is 0.220 e. The van der Waals surface area contributed by atoms with E-state index in [4.69, 9.17) is 0 Å². The Hall–Kier alpha value is -2.15. The molecule has 0 bridgehead atoms. The molecule has 5 nitrogen and oxygen atoms in total. The van der Waals surface area contributed by atoms with Crippen LogP contribution in [0.25, 0.3) is 10.9 Å². The third kappa shape index (κ3) is 5.18. The van der Waals surface area contributed by atoms with Crippen molar-refractivity contribution in [3.05, 3.63) is 58.4 Å². The molecule has 1 N–H and O–H groups in total. The SMILES string of the molecule is CC(CC(=O)NCCCN1CCC(c2cccs2)(N(C)C)CC1)c1cn(C)c2ccccc12. The quantitative estimate of drug-likeness (QED) is 0.461. The van der Waals surface area contributed by atoms with Crippen LogP contribution in [0.5, 0.6) is 0 Å². The van der Waals surface area contributed by atoms with E-state index < -0.39 is 0 Å². The van der Waals surface area contributed by atoms with Crippen molar-refractivity contribution < 1.29 is 4.79 Å². The Balaban J connectivity index is 1.20. The molecule has 3 heterocycles. The summed E-state index contributed by atoms with van der Waals surface area (Å²) in [6.07, 6.45) is 6.03. The summed E-state index contributed by atoms with van der Waals surface area (Å²) in [6, 6.07) is 12.9. The fraction of sp³-hybridized carbons (Fsp3) is 0.519. The van der Waals surface area contributed by atoms with E-state index in [-0.39, 0.29) is 17.4 Å². The normalized spacial score (nSPS) is 17.5. The molecule has 1 aromatic carbocycles. The minimum atomic E-state index is 0.151. The molecule has 1 saturated heterocycles. The summed E-state index contributed by atoms with van der Waals surface area (Å²) in [7, 11) is 6.50. The lowest BCUT2D eigenvalue weighted by Gasteiger charge is -2.45. The van der Waals surface area contributed by atoms with Gasteiger partial charge in [0, 0.05) is 55.1 Å². The first kappa shape index (κ1) is 24.0. The molecule has 0 aliphatic carbocycles. The second-order valence-corrected chi connectivity index (χ2v) is 10.7. The van der Waals surface area contributed by atoms with E-state index >= 15 is 0 Å². The maximum Gasteiger partial charge on any atom is 0.220 e. The number of rotatable bonds is 9. The number of carbonyl (C=O) groups is 1. The zero-order valence-corrected chi connectivity index (χ0v) is 21.3. The number of piperidine rings is 1. The predicted octanol–water partition coefficient (Wildman–Crippen LogP) is 4.79. The maximum atomic E-state index is 12.6. The van der Waals surface area contributed by atoms with Crippen LogP contribution in [0.2, 0.25) is 0 Å². The summed E-state index contributed by atoms with van der Waals surface area (Å²) >= 11 is 1.88. The minimum Gasteiger partial charge on any atom is -0.356 e. The molecule has 1 fully saturated rings. The van der Waals surface area contributed by atoms with Crippen LogP contribution < -0.4 is 5.32 Å². The van der Waals surface area contributed by atoms with E-state index in [0.717, 1.165) is 45.4 Å². The van der Waals surface area contributed by atoms with Gasteiger partial charge in [0.1, 0.15) is 0 Å². The van der Waals surface area contributed by atoms with Crippen molar-refractivity contribution in [3.8, 4) is 0 Å². The van der Waals surface area contributed by atoms with Gasteiger partial charge in [-0.1, -0.05) is 31.2 Å². The summed E-state index contributed by atoms with van der Waals surface area (Å²) in [5.74, 6) is 0.355. The number of aromatic nitrogens is 1. The number of para-hydroxylation sites is 1. The largest absolute Gasteiger partial charge is 0.356 e. The number of amides is 1. The lowest BCUT2D eigenvalue weighted by atomic mass is 9.84. The van der Waals surface area contributed by atoms with Crippen LogP contribution in [0, 0.1) is 0 Å². The van der Waals surface area contributed by atoms with Gasteiger partial charge >= 0.3 is 0 Å². The first-order chi connectivity index (χ1) is 15.9. The van der Waals surface area contributed by atoms with Crippen molar-refractivity contribution in [2.45, 2.75) is 44.1 Å². The van der Waals surface area contributed by atoms with E-state index in [1.54, 1.807) is 0 Å². The summed E-state index contributed by atoms with van der Waals surface area (Å²) in [5.41, 5.74) is 2.65. The summed E-state index contributed by atoms with van der Waals surface area (Å²) in [5, 5.41) is 6.60. The first-order valence-corrected chi connectivity index (χ1v) is 13.0. The van der Waals surface area contributed by atoms with Crippen molar-refractivity contribution in [1.29, 1.82) is 0 Å². The highest BCUT2D eigenvalue weighted by Gasteiger charge is 2.38. The zero-order valence-electron chi connectivity index (χ0n) is 20.5. The molecule has 1 unspecified atom stereocenters. The molecule has 3 aromatic rings. The number of fused-ring (bicyclic) bond motifs is 1. The average molecular weight is 467 g/mol. The number of carbonyl (C=O) groups excluding carboxylic acids is 1. The van der Waals surface area contributed by atoms with Crippen LogP contribution in [-0.2, 0) is 17.4 Å². The van der Waals surface area contributed by atoms with Crippen molar-refractivity contribution in [2.75, 3.05) is 40.3 Å². The van der Waals surface area contributed by atoms with Gasteiger partial charge in [-0.15, -0.1) is 11.3 Å². The van der Waals surface area contributed by atoms with Crippen molar-refractivity contribution in [2.24, 2.45) is 7.05 Å². The molecule has 33 heavy (non-hydrogen) atoms. The number of benzene rings is 1. The second-order valence-electron chi connectivity index (χ2n) is 9.77. The molecule has 0 saturated carbocycles. The highest BCUT2D eigenvalue weighted by Crippen LogP contribution is 2.39. The molecule has 1 aliphatic heterocycles. The highest BCUT2D eigenvalue weighted by molar-refractivity contribution is 7.10. The highest BCUT2D eigenvalue weighted by atomic mass is 32.1. The van der Waals surface area contributed by atoms with Crippen LogP contribution in [0.4, 0.5) is 0 Å². The predicted molar refractivity (Wildman–Crippen MR) is 139 cm³/mol. The summed E-state index contributed by atoms with van der Waals surface area (Å²) < 4.78 is 2.15. The Morgan fingerprint density at radius 3 is 2.64 bits per heavy atom. The topological polar surface area (TPSA) is 40.5 Å². The first-order valence-electron chi connectivity index (χ1n) is 12.1. The Morgan fingerprint density at radius 1 is 1.18 bits per heavy atom. The third-order valence-corrected chi connectivity index (χ3v) is 8.51. The molecule has 0 radical (unpaired) electrons. The fourth-order valence-corrected chi connectivity index (χ4v) is 6.43. The van der Waals surface area contributed by atoms with Gasteiger partial charge in [0.2, 0.25) is 5.91 Å². The average Bonchev–Trinajstić information content (AvgIpc) is 3.46. The van der Waals surface area contributed by atoms with Gasteiger partial charge in [-0.3, -0.25) is 9.69 Å². The molecule has 0 spiro atoms. The second kappa shape index (κ2) is 10.4. The number of hydrogen-bond donors (Lipinski definition) is 1. The van der Waals surface area contributed by atoms with Gasteiger partial charge in [-0.25, -0.2) is 0 Å². The Morgan fingerprint density at radius 2 is 1.94 bits per heavy atom. The molecular formula is C27H38N4OS. The van der Waals surface area contributed by atoms with Crippen LogP contribution in [0.1, 0.15) is 49.0 Å². The van der Waals surface area contributed by atoms with Crippen molar-refractivity contribution >= 4 is 28.1 Å². The number of hydrogen-bond acceptors (Lipinski definition) is 4. The minimum absolute atomic E-state index is 0.151.